The van der Waals surface area contributed by atoms with Crippen LogP contribution in [-0.2, 0) is 19.1 Å². The molecule has 0 amide bonds. The maximum atomic E-state index is 11.7. The SMILES string of the molecule is CCC(C)OC(=O)[C@@H](Br)[C@@H](Br)C(=O)OC(C)CC. The van der Waals surface area contributed by atoms with Crippen molar-refractivity contribution < 1.29 is 19.1 Å². The van der Waals surface area contributed by atoms with Gasteiger partial charge >= 0.3 is 11.9 Å². The van der Waals surface area contributed by atoms with Crippen LogP contribution in [0.4, 0.5) is 0 Å². The van der Waals surface area contributed by atoms with Crippen LogP contribution in [-0.4, -0.2) is 33.8 Å². The molecule has 6 heteroatoms. The summed E-state index contributed by atoms with van der Waals surface area (Å²) in [5.74, 6) is -0.931. The molecule has 0 spiro atoms. The lowest BCUT2D eigenvalue weighted by atomic mass is 10.2. The van der Waals surface area contributed by atoms with E-state index in [0.29, 0.717) is 0 Å². The molecule has 0 rings (SSSR count). The zero-order valence-electron chi connectivity index (χ0n) is 11.1. The monoisotopic (exact) mass is 386 g/mol. The van der Waals surface area contributed by atoms with E-state index in [1.54, 1.807) is 13.8 Å². The highest BCUT2D eigenvalue weighted by atomic mass is 79.9. The topological polar surface area (TPSA) is 52.6 Å². The second kappa shape index (κ2) is 8.91. The maximum Gasteiger partial charge on any atom is 0.321 e. The Balaban J connectivity index is 4.35. The van der Waals surface area contributed by atoms with Gasteiger partial charge in [0.05, 0.1) is 12.2 Å². The molecule has 0 bridgehead atoms. The summed E-state index contributed by atoms with van der Waals surface area (Å²) in [4.78, 5) is 21.9. The van der Waals surface area contributed by atoms with Crippen molar-refractivity contribution in [2.45, 2.75) is 62.4 Å². The Labute approximate surface area is 125 Å². The van der Waals surface area contributed by atoms with Crippen molar-refractivity contribution >= 4 is 43.8 Å². The minimum atomic E-state index is -0.747. The van der Waals surface area contributed by atoms with Gasteiger partial charge in [-0.05, 0) is 26.7 Å². The van der Waals surface area contributed by atoms with Gasteiger partial charge in [0, 0.05) is 0 Å². The summed E-state index contributed by atoms with van der Waals surface area (Å²) in [6.07, 6.45) is 1.14. The zero-order valence-corrected chi connectivity index (χ0v) is 14.3. The number of carbonyl (C=O) groups excluding carboxylic acids is 2. The molecule has 4 nitrogen and oxygen atoms in total. The highest BCUT2D eigenvalue weighted by molar-refractivity contribution is 9.12. The summed E-state index contributed by atoms with van der Waals surface area (Å²) >= 11 is 6.31. The lowest BCUT2D eigenvalue weighted by Crippen LogP contribution is -2.36. The fourth-order valence-electron chi connectivity index (χ4n) is 0.932. The predicted molar refractivity (Wildman–Crippen MR) is 77.1 cm³/mol. The van der Waals surface area contributed by atoms with Crippen molar-refractivity contribution in [3.05, 3.63) is 0 Å². The largest absolute Gasteiger partial charge is 0.462 e. The molecule has 0 fully saturated rings. The van der Waals surface area contributed by atoms with Crippen LogP contribution < -0.4 is 0 Å². The van der Waals surface area contributed by atoms with E-state index in [2.05, 4.69) is 31.9 Å². The molecular weight excluding hydrogens is 368 g/mol. The summed E-state index contributed by atoms with van der Waals surface area (Å²) in [6.45, 7) is 7.45. The molecule has 0 aromatic carbocycles. The smallest absolute Gasteiger partial charge is 0.321 e. The first-order chi connectivity index (χ1) is 8.33. The van der Waals surface area contributed by atoms with E-state index in [0.717, 1.165) is 12.8 Å². The van der Waals surface area contributed by atoms with Crippen molar-refractivity contribution in [1.29, 1.82) is 0 Å². The van der Waals surface area contributed by atoms with Crippen LogP contribution in [0.2, 0.25) is 0 Å². The highest BCUT2D eigenvalue weighted by Gasteiger charge is 2.33. The van der Waals surface area contributed by atoms with Gasteiger partial charge in [-0.1, -0.05) is 45.7 Å². The molecule has 0 aliphatic carbocycles. The van der Waals surface area contributed by atoms with E-state index >= 15 is 0 Å². The van der Waals surface area contributed by atoms with Gasteiger partial charge in [-0.2, -0.15) is 0 Å². The number of esters is 2. The van der Waals surface area contributed by atoms with Crippen molar-refractivity contribution in [3.8, 4) is 0 Å². The van der Waals surface area contributed by atoms with Gasteiger partial charge in [0.15, 0.2) is 0 Å². The third-order valence-corrected chi connectivity index (χ3v) is 5.01. The van der Waals surface area contributed by atoms with E-state index in [9.17, 15) is 9.59 Å². The average Bonchev–Trinajstić information content (AvgIpc) is 2.36. The number of rotatable bonds is 7. The lowest BCUT2D eigenvalue weighted by Gasteiger charge is -2.19. The molecule has 0 saturated heterocycles. The number of hydrogen-bond acceptors (Lipinski definition) is 4. The summed E-state index contributed by atoms with van der Waals surface area (Å²) in [6, 6.07) is 0. The van der Waals surface area contributed by atoms with E-state index < -0.39 is 21.6 Å². The first-order valence-corrected chi connectivity index (χ1v) is 7.85. The number of halogens is 2. The van der Waals surface area contributed by atoms with Gasteiger partial charge in [0.25, 0.3) is 0 Å². The van der Waals surface area contributed by atoms with Crippen LogP contribution in [0, 0.1) is 0 Å². The quantitative estimate of drug-likeness (QED) is 0.497. The standard InChI is InChI=1S/C12H20Br2O4/c1-5-7(3)17-11(15)9(13)10(14)12(16)18-8(4)6-2/h7-10H,5-6H2,1-4H3/t7?,8?,9-,10+. The van der Waals surface area contributed by atoms with E-state index in [1.165, 1.54) is 0 Å². The summed E-state index contributed by atoms with van der Waals surface area (Å²) in [5.41, 5.74) is 0. The van der Waals surface area contributed by atoms with Gasteiger partial charge in [-0.3, -0.25) is 9.59 Å². The van der Waals surface area contributed by atoms with E-state index in [4.69, 9.17) is 9.47 Å². The van der Waals surface area contributed by atoms with Crippen LogP contribution >= 0.6 is 31.9 Å². The fraction of sp³-hybridized carbons (Fsp3) is 0.833. The zero-order chi connectivity index (χ0) is 14.3. The van der Waals surface area contributed by atoms with Crippen molar-refractivity contribution in [1.82, 2.24) is 0 Å². The van der Waals surface area contributed by atoms with Crippen molar-refractivity contribution in [2.24, 2.45) is 0 Å². The molecule has 0 aliphatic heterocycles. The van der Waals surface area contributed by atoms with Crippen LogP contribution in [0.25, 0.3) is 0 Å². The van der Waals surface area contributed by atoms with Crippen LogP contribution in [0.3, 0.4) is 0 Å². The number of alkyl halides is 2. The molecule has 0 saturated carbocycles. The van der Waals surface area contributed by atoms with Crippen LogP contribution in [0.15, 0.2) is 0 Å². The first-order valence-electron chi connectivity index (χ1n) is 6.02. The van der Waals surface area contributed by atoms with Crippen molar-refractivity contribution in [3.63, 3.8) is 0 Å². The molecule has 0 aromatic heterocycles. The molecule has 0 heterocycles. The maximum absolute atomic E-state index is 11.7. The number of carbonyl (C=O) groups is 2. The molecule has 4 atom stereocenters. The van der Waals surface area contributed by atoms with Crippen molar-refractivity contribution in [2.75, 3.05) is 0 Å². The third-order valence-electron chi connectivity index (χ3n) is 2.49. The van der Waals surface area contributed by atoms with Gasteiger partial charge < -0.3 is 9.47 Å². The second-order valence-corrected chi connectivity index (χ2v) is 6.09. The Morgan fingerprint density at radius 1 is 0.889 bits per heavy atom. The van der Waals surface area contributed by atoms with Gasteiger partial charge in [-0.15, -0.1) is 0 Å². The lowest BCUT2D eigenvalue weighted by molar-refractivity contribution is -0.153. The van der Waals surface area contributed by atoms with Gasteiger partial charge in [0.2, 0.25) is 0 Å². The molecule has 0 aromatic rings. The second-order valence-electron chi connectivity index (χ2n) is 4.12. The Hall–Kier alpha value is -0.100. The average molecular weight is 388 g/mol. The van der Waals surface area contributed by atoms with Gasteiger partial charge in [0.1, 0.15) is 9.65 Å². The van der Waals surface area contributed by atoms with Crippen LogP contribution in [0.1, 0.15) is 40.5 Å². The minimum Gasteiger partial charge on any atom is -0.462 e. The molecule has 0 aliphatic rings. The van der Waals surface area contributed by atoms with E-state index in [1.807, 2.05) is 13.8 Å². The molecule has 0 N–H and O–H groups in total. The Morgan fingerprint density at radius 2 is 1.17 bits per heavy atom. The number of hydrogen-bond donors (Lipinski definition) is 0. The molecule has 2 unspecified atom stereocenters. The van der Waals surface area contributed by atoms with Gasteiger partial charge in [-0.25, -0.2) is 0 Å². The fourth-order valence-corrected chi connectivity index (χ4v) is 1.58. The Kier molecular flexibility index (Phi) is 8.86. The third kappa shape index (κ3) is 6.18. The minimum absolute atomic E-state index is 0.164. The molecule has 0 radical (unpaired) electrons. The van der Waals surface area contributed by atoms with E-state index in [-0.39, 0.29) is 12.2 Å². The molecular formula is C12H20Br2O4. The number of ether oxygens (including phenoxy) is 2. The normalized spacial score (nSPS) is 17.4. The highest BCUT2D eigenvalue weighted by Crippen LogP contribution is 2.19. The Bertz CT molecular complexity index is 255. The molecule has 106 valence electrons. The van der Waals surface area contributed by atoms with Crippen LogP contribution in [0.5, 0.6) is 0 Å². The predicted octanol–water partition coefficient (Wildman–Crippen LogP) is 3.20. The summed E-state index contributed by atoms with van der Waals surface area (Å²) < 4.78 is 10.3. The Morgan fingerprint density at radius 3 is 1.39 bits per heavy atom. The first kappa shape index (κ1) is 17.9. The molecule has 18 heavy (non-hydrogen) atoms. The summed E-state index contributed by atoms with van der Waals surface area (Å²) in [5, 5.41) is 0. The summed E-state index contributed by atoms with van der Waals surface area (Å²) in [7, 11) is 0.